The first-order valence-corrected chi connectivity index (χ1v) is 8.94. The summed E-state index contributed by atoms with van der Waals surface area (Å²) in [5.74, 6) is 1.97. The molecule has 1 fully saturated rings. The summed E-state index contributed by atoms with van der Waals surface area (Å²) < 4.78 is 11.6. The first-order chi connectivity index (χ1) is 11.2. The summed E-state index contributed by atoms with van der Waals surface area (Å²) in [5, 5.41) is 0. The number of ether oxygens (including phenoxy) is 2. The van der Waals surface area contributed by atoms with Crippen LogP contribution in [0.25, 0.3) is 0 Å². The van der Waals surface area contributed by atoms with Crippen molar-refractivity contribution in [2.45, 2.75) is 33.6 Å². The van der Waals surface area contributed by atoms with Gasteiger partial charge in [0.1, 0.15) is 11.5 Å². The van der Waals surface area contributed by atoms with Gasteiger partial charge in [-0.3, -0.25) is 0 Å². The Morgan fingerprint density at radius 1 is 1.00 bits per heavy atom. The molecule has 0 N–H and O–H groups in total. The lowest BCUT2D eigenvalue weighted by Crippen LogP contribution is -2.44. The lowest BCUT2D eigenvalue weighted by molar-refractivity contribution is 0.153. The molecule has 1 saturated heterocycles. The van der Waals surface area contributed by atoms with E-state index in [9.17, 15) is 0 Å². The molecule has 0 spiro atoms. The Morgan fingerprint density at radius 3 is 2.35 bits per heavy atom. The Kier molecular flexibility index (Phi) is 7.18. The van der Waals surface area contributed by atoms with Gasteiger partial charge in [-0.05, 0) is 58.8 Å². The Balaban J connectivity index is 1.94. The highest BCUT2D eigenvalue weighted by molar-refractivity contribution is 5.49. The molecule has 1 heterocycles. The summed E-state index contributed by atoms with van der Waals surface area (Å²) in [7, 11) is 2.20. The highest BCUT2D eigenvalue weighted by Crippen LogP contribution is 2.32. The Bertz CT molecular complexity index is 483. The number of benzene rings is 1. The van der Waals surface area contributed by atoms with Crippen molar-refractivity contribution in [1.82, 2.24) is 9.80 Å². The number of likely N-dealkylation sites (N-methyl/N-ethyl adjacent to an activating group) is 1. The summed E-state index contributed by atoms with van der Waals surface area (Å²) in [6, 6.07) is 4.26. The predicted octanol–water partition coefficient (Wildman–Crippen LogP) is 2.97. The fourth-order valence-corrected chi connectivity index (χ4v) is 3.15. The van der Waals surface area contributed by atoms with Crippen molar-refractivity contribution < 1.29 is 9.47 Å². The zero-order chi connectivity index (χ0) is 16.7. The van der Waals surface area contributed by atoms with E-state index in [2.05, 4.69) is 35.9 Å². The molecule has 0 unspecified atom stereocenters. The van der Waals surface area contributed by atoms with E-state index in [1.807, 2.05) is 13.8 Å². The number of hydrogen-bond acceptors (Lipinski definition) is 4. The van der Waals surface area contributed by atoms with Gasteiger partial charge in [-0.1, -0.05) is 6.07 Å². The third kappa shape index (κ3) is 5.11. The maximum atomic E-state index is 5.91. The van der Waals surface area contributed by atoms with Crippen LogP contribution in [0.15, 0.2) is 12.1 Å². The molecule has 0 atom stereocenters. The molecular weight excluding hydrogens is 288 g/mol. The van der Waals surface area contributed by atoms with Crippen LogP contribution in [0.1, 0.15) is 31.4 Å². The van der Waals surface area contributed by atoms with Crippen LogP contribution in [0.5, 0.6) is 11.5 Å². The zero-order valence-corrected chi connectivity index (χ0v) is 15.2. The van der Waals surface area contributed by atoms with E-state index in [4.69, 9.17) is 9.47 Å². The van der Waals surface area contributed by atoms with Crippen molar-refractivity contribution in [1.29, 1.82) is 0 Å². The predicted molar refractivity (Wildman–Crippen MR) is 95.8 cm³/mol. The molecule has 1 aliphatic heterocycles. The molecule has 0 amide bonds. The van der Waals surface area contributed by atoms with Crippen LogP contribution >= 0.6 is 0 Å². The molecule has 0 radical (unpaired) electrons. The summed E-state index contributed by atoms with van der Waals surface area (Å²) in [6.07, 6.45) is 2.24. The summed E-state index contributed by atoms with van der Waals surface area (Å²) in [5.41, 5.74) is 2.44. The topological polar surface area (TPSA) is 24.9 Å². The van der Waals surface area contributed by atoms with Gasteiger partial charge in [-0.15, -0.1) is 0 Å². The lowest BCUT2D eigenvalue weighted by atomic mass is 10.0. The first-order valence-electron chi connectivity index (χ1n) is 8.94. The van der Waals surface area contributed by atoms with Gasteiger partial charge >= 0.3 is 0 Å². The van der Waals surface area contributed by atoms with Crippen molar-refractivity contribution >= 4 is 0 Å². The minimum Gasteiger partial charge on any atom is -0.493 e. The van der Waals surface area contributed by atoms with E-state index in [0.717, 1.165) is 23.5 Å². The number of aryl methyl sites for hydroxylation is 1. The molecular formula is C19H32N2O2. The van der Waals surface area contributed by atoms with E-state index in [-0.39, 0.29) is 0 Å². The largest absolute Gasteiger partial charge is 0.493 e. The Labute approximate surface area is 141 Å². The Morgan fingerprint density at radius 2 is 1.70 bits per heavy atom. The van der Waals surface area contributed by atoms with Gasteiger partial charge in [0, 0.05) is 31.7 Å². The maximum Gasteiger partial charge on any atom is 0.129 e. The Hall–Kier alpha value is -1.26. The standard InChI is InChI=1S/C19H32N2O2/c1-5-22-18-10-9-17(19(16(18)3)23-6-2)8-7-11-21-14-12-20(4)13-15-21/h9-10H,5-8,11-15H2,1-4H3. The van der Waals surface area contributed by atoms with Crippen molar-refractivity contribution in [3.05, 3.63) is 23.3 Å². The molecule has 130 valence electrons. The fraction of sp³-hybridized carbons (Fsp3) is 0.684. The van der Waals surface area contributed by atoms with Gasteiger partial charge in [-0.2, -0.15) is 0 Å². The first kappa shape index (κ1) is 18.1. The van der Waals surface area contributed by atoms with Gasteiger partial charge in [0.2, 0.25) is 0 Å². The molecule has 0 saturated carbocycles. The van der Waals surface area contributed by atoms with Crippen LogP contribution in [-0.4, -0.2) is 62.8 Å². The van der Waals surface area contributed by atoms with Crippen molar-refractivity contribution in [3.63, 3.8) is 0 Å². The maximum absolute atomic E-state index is 5.91. The van der Waals surface area contributed by atoms with Crippen molar-refractivity contribution in [2.24, 2.45) is 0 Å². The summed E-state index contributed by atoms with van der Waals surface area (Å²) in [6.45, 7) is 13.5. The van der Waals surface area contributed by atoms with E-state index in [1.165, 1.54) is 44.7 Å². The van der Waals surface area contributed by atoms with Gasteiger partial charge < -0.3 is 19.3 Å². The zero-order valence-electron chi connectivity index (χ0n) is 15.2. The van der Waals surface area contributed by atoms with Gasteiger partial charge in [0.15, 0.2) is 0 Å². The fourth-order valence-electron chi connectivity index (χ4n) is 3.15. The van der Waals surface area contributed by atoms with Crippen molar-refractivity contribution in [3.8, 4) is 11.5 Å². The second-order valence-electron chi connectivity index (χ2n) is 6.29. The van der Waals surface area contributed by atoms with Crippen LogP contribution in [0.2, 0.25) is 0 Å². The molecule has 1 aromatic carbocycles. The molecule has 4 heteroatoms. The molecule has 1 aromatic rings. The summed E-state index contributed by atoms with van der Waals surface area (Å²) in [4.78, 5) is 4.97. The number of rotatable bonds is 8. The number of piperazine rings is 1. The van der Waals surface area contributed by atoms with Gasteiger partial charge in [0.25, 0.3) is 0 Å². The quantitative estimate of drug-likeness (QED) is 0.735. The third-order valence-corrected chi connectivity index (χ3v) is 4.54. The molecule has 1 aliphatic rings. The van der Waals surface area contributed by atoms with Crippen LogP contribution in [0.4, 0.5) is 0 Å². The van der Waals surface area contributed by atoms with Crippen LogP contribution in [-0.2, 0) is 6.42 Å². The van der Waals surface area contributed by atoms with E-state index >= 15 is 0 Å². The molecule has 0 aromatic heterocycles. The van der Waals surface area contributed by atoms with Crippen LogP contribution in [0.3, 0.4) is 0 Å². The van der Waals surface area contributed by atoms with Crippen LogP contribution in [0, 0.1) is 6.92 Å². The highest BCUT2D eigenvalue weighted by Gasteiger charge is 2.15. The number of nitrogens with zero attached hydrogens (tertiary/aromatic N) is 2. The monoisotopic (exact) mass is 320 g/mol. The molecule has 23 heavy (non-hydrogen) atoms. The van der Waals surface area contributed by atoms with E-state index in [0.29, 0.717) is 13.2 Å². The SMILES string of the molecule is CCOc1ccc(CCCN2CCN(C)CC2)c(OCC)c1C. The minimum atomic E-state index is 0.690. The smallest absolute Gasteiger partial charge is 0.129 e. The van der Waals surface area contributed by atoms with Crippen molar-refractivity contribution in [2.75, 3.05) is 53.0 Å². The molecule has 4 nitrogen and oxygen atoms in total. The summed E-state index contributed by atoms with van der Waals surface area (Å²) >= 11 is 0. The van der Waals surface area contributed by atoms with Gasteiger partial charge in [0.05, 0.1) is 13.2 Å². The van der Waals surface area contributed by atoms with Gasteiger partial charge in [-0.25, -0.2) is 0 Å². The third-order valence-electron chi connectivity index (χ3n) is 4.54. The molecule has 2 rings (SSSR count). The second kappa shape index (κ2) is 9.14. The molecule has 0 bridgehead atoms. The lowest BCUT2D eigenvalue weighted by Gasteiger charge is -2.32. The highest BCUT2D eigenvalue weighted by atomic mass is 16.5. The van der Waals surface area contributed by atoms with Crippen LogP contribution < -0.4 is 9.47 Å². The molecule has 0 aliphatic carbocycles. The van der Waals surface area contributed by atoms with E-state index in [1.54, 1.807) is 0 Å². The second-order valence-corrected chi connectivity index (χ2v) is 6.29. The average Bonchev–Trinajstić information content (AvgIpc) is 2.55. The van der Waals surface area contributed by atoms with E-state index < -0.39 is 0 Å². The normalized spacial score (nSPS) is 16.5. The average molecular weight is 320 g/mol. The minimum absolute atomic E-state index is 0.690. The number of hydrogen-bond donors (Lipinski definition) is 0.